The van der Waals surface area contributed by atoms with Gasteiger partial charge in [0.1, 0.15) is 5.75 Å². The van der Waals surface area contributed by atoms with Crippen molar-refractivity contribution >= 4 is 17.4 Å². The van der Waals surface area contributed by atoms with Crippen LogP contribution < -0.4 is 19.5 Å². The molecule has 1 saturated heterocycles. The highest BCUT2D eigenvalue weighted by Gasteiger charge is 2.44. The lowest BCUT2D eigenvalue weighted by molar-refractivity contribution is -0.895. The summed E-state index contributed by atoms with van der Waals surface area (Å²) in [5.41, 5.74) is 1.48. The standard InChI is InChI=1S/C26H32N2O6/c1-6-27(7-2)12-13-28-23(17-8-10-19(29)21(15-17)34-5)22(25(31)26(28)32)24(30)18-9-11-20(33-4)16(3)14-18/h8-11,14-15,23,29-30H,6-7,12-13H2,1-5H3. The summed E-state index contributed by atoms with van der Waals surface area (Å²) in [6.07, 6.45) is 0. The van der Waals surface area contributed by atoms with Gasteiger partial charge in [0, 0.05) is 5.57 Å². The molecule has 1 unspecified atom stereocenters. The van der Waals surface area contributed by atoms with Crippen molar-refractivity contribution in [2.75, 3.05) is 40.4 Å². The molecule has 2 aromatic carbocycles. The summed E-state index contributed by atoms with van der Waals surface area (Å²) in [4.78, 5) is 29.0. The quantitative estimate of drug-likeness (QED) is 0.322. The third kappa shape index (κ3) is 4.72. The fraction of sp³-hybridized carbons (Fsp3) is 0.385. The van der Waals surface area contributed by atoms with Crippen LogP contribution in [0.3, 0.4) is 0 Å². The van der Waals surface area contributed by atoms with Gasteiger partial charge in [-0.3, -0.25) is 9.59 Å². The molecule has 0 spiro atoms. The molecule has 0 bridgehead atoms. The highest BCUT2D eigenvalue weighted by Crippen LogP contribution is 2.41. The van der Waals surface area contributed by atoms with Crippen LogP contribution in [0.5, 0.6) is 17.2 Å². The zero-order valence-electron chi connectivity index (χ0n) is 20.3. The van der Waals surface area contributed by atoms with Gasteiger partial charge in [-0.2, -0.15) is 0 Å². The Balaban J connectivity index is 2.16. The Labute approximate surface area is 200 Å². The minimum atomic E-state index is -0.876. The van der Waals surface area contributed by atoms with Gasteiger partial charge in [-0.05, 0) is 61.7 Å². The largest absolute Gasteiger partial charge is 0.872 e. The lowest BCUT2D eigenvalue weighted by atomic mass is 9.94. The number of likely N-dealkylation sites (N-methyl/N-ethyl adjacent to an activating group) is 1. The van der Waals surface area contributed by atoms with E-state index >= 15 is 0 Å². The van der Waals surface area contributed by atoms with Gasteiger partial charge in [0.15, 0.2) is 11.5 Å². The number of nitrogens with zero attached hydrogens (tertiary/aromatic N) is 1. The molecule has 2 aromatic rings. The van der Waals surface area contributed by atoms with Gasteiger partial charge in [0.25, 0.3) is 5.91 Å². The Morgan fingerprint density at radius 2 is 1.74 bits per heavy atom. The number of methoxy groups -OCH3 is 2. The number of carbonyl (C=O) groups is 2. The number of quaternary nitrogens is 1. The third-order valence-corrected chi connectivity index (χ3v) is 6.41. The number of ketones is 1. The summed E-state index contributed by atoms with van der Waals surface area (Å²) >= 11 is 0. The molecule has 1 atom stereocenters. The lowest BCUT2D eigenvalue weighted by Gasteiger charge is -2.29. The Morgan fingerprint density at radius 1 is 1.06 bits per heavy atom. The summed E-state index contributed by atoms with van der Waals surface area (Å²) in [5, 5.41) is 23.7. The minimum Gasteiger partial charge on any atom is -0.872 e. The van der Waals surface area contributed by atoms with Gasteiger partial charge in [-0.1, -0.05) is 17.9 Å². The van der Waals surface area contributed by atoms with Crippen LogP contribution in [-0.2, 0) is 9.59 Å². The topological polar surface area (TPSA) is 104 Å². The number of carbonyl (C=O) groups excluding carboxylic acids is 2. The van der Waals surface area contributed by atoms with Crippen molar-refractivity contribution in [3.8, 4) is 17.2 Å². The average Bonchev–Trinajstić information content (AvgIpc) is 3.09. The van der Waals surface area contributed by atoms with E-state index in [9.17, 15) is 19.8 Å². The van der Waals surface area contributed by atoms with Crippen LogP contribution >= 0.6 is 0 Å². The first-order chi connectivity index (χ1) is 16.3. The molecule has 1 heterocycles. The number of aromatic hydroxyl groups is 1. The van der Waals surface area contributed by atoms with Crippen LogP contribution in [0.4, 0.5) is 0 Å². The Bertz CT molecular complexity index is 1110. The average molecular weight is 469 g/mol. The van der Waals surface area contributed by atoms with Crippen molar-refractivity contribution in [1.82, 2.24) is 4.90 Å². The first-order valence-electron chi connectivity index (χ1n) is 11.4. The second-order valence-electron chi connectivity index (χ2n) is 8.30. The van der Waals surface area contributed by atoms with E-state index in [2.05, 4.69) is 13.8 Å². The van der Waals surface area contributed by atoms with E-state index in [1.165, 1.54) is 23.0 Å². The van der Waals surface area contributed by atoms with E-state index in [1.54, 1.807) is 37.4 Å². The van der Waals surface area contributed by atoms with Gasteiger partial charge in [0.2, 0.25) is 5.78 Å². The molecule has 34 heavy (non-hydrogen) atoms. The molecule has 1 aliphatic heterocycles. The molecule has 182 valence electrons. The van der Waals surface area contributed by atoms with Crippen molar-refractivity contribution in [2.45, 2.75) is 26.8 Å². The van der Waals surface area contributed by atoms with E-state index in [-0.39, 0.29) is 17.1 Å². The van der Waals surface area contributed by atoms with Crippen LogP contribution in [0, 0.1) is 6.92 Å². The number of Topliss-reactive ketones (excluding diaryl/α,β-unsaturated/α-hetero) is 1. The maximum atomic E-state index is 13.6. The van der Waals surface area contributed by atoms with Crippen LogP contribution in [0.15, 0.2) is 42.0 Å². The summed E-state index contributed by atoms with van der Waals surface area (Å²) < 4.78 is 10.5. The van der Waals surface area contributed by atoms with E-state index in [4.69, 9.17) is 9.47 Å². The van der Waals surface area contributed by atoms with Gasteiger partial charge in [0.05, 0.1) is 46.4 Å². The van der Waals surface area contributed by atoms with Gasteiger partial charge < -0.3 is 29.5 Å². The highest BCUT2D eigenvalue weighted by atomic mass is 16.5. The molecule has 2 N–H and O–H groups in total. The second-order valence-corrected chi connectivity index (χ2v) is 8.30. The fourth-order valence-electron chi connectivity index (χ4n) is 4.37. The zero-order valence-corrected chi connectivity index (χ0v) is 20.3. The monoisotopic (exact) mass is 468 g/mol. The number of phenols is 1. The Kier molecular flexibility index (Phi) is 7.83. The highest BCUT2D eigenvalue weighted by molar-refractivity contribution is 6.46. The summed E-state index contributed by atoms with van der Waals surface area (Å²) in [7, 11) is 2.96. The molecule has 8 nitrogen and oxygen atoms in total. The molecule has 0 aromatic heterocycles. The second kappa shape index (κ2) is 10.6. The van der Waals surface area contributed by atoms with Crippen LogP contribution in [-0.4, -0.2) is 62.1 Å². The number of nitrogens with one attached hydrogen (secondary N) is 1. The molecule has 0 aliphatic carbocycles. The summed E-state index contributed by atoms with van der Waals surface area (Å²) in [6.45, 7) is 8.64. The first kappa shape index (κ1) is 25.1. The third-order valence-electron chi connectivity index (χ3n) is 6.41. The number of ether oxygens (including phenoxy) is 2. The zero-order chi connectivity index (χ0) is 25.0. The predicted molar refractivity (Wildman–Crippen MR) is 126 cm³/mol. The number of phenolic OH excluding ortho intramolecular Hbond substituents is 1. The molecule has 0 saturated carbocycles. The van der Waals surface area contributed by atoms with Crippen molar-refractivity contribution < 1.29 is 34.2 Å². The molecule has 3 rings (SSSR count). The Morgan fingerprint density at radius 3 is 2.32 bits per heavy atom. The molecule has 1 fully saturated rings. The molecular formula is C26H32N2O6. The van der Waals surface area contributed by atoms with E-state index < -0.39 is 23.5 Å². The van der Waals surface area contributed by atoms with Crippen molar-refractivity contribution in [3.05, 3.63) is 58.7 Å². The van der Waals surface area contributed by atoms with Crippen LogP contribution in [0.1, 0.15) is 36.6 Å². The Hall–Kier alpha value is -3.52. The van der Waals surface area contributed by atoms with E-state index in [0.717, 1.165) is 18.7 Å². The number of amides is 1. The molecule has 8 heteroatoms. The number of hydrogen-bond donors (Lipinski definition) is 2. The molecule has 1 amide bonds. The first-order valence-corrected chi connectivity index (χ1v) is 11.4. The van der Waals surface area contributed by atoms with Crippen molar-refractivity contribution in [1.29, 1.82) is 0 Å². The summed E-state index contributed by atoms with van der Waals surface area (Å²) in [6, 6.07) is 8.66. The number of hydrogen-bond acceptors (Lipinski definition) is 6. The number of benzene rings is 2. The molecular weight excluding hydrogens is 436 g/mol. The van der Waals surface area contributed by atoms with Gasteiger partial charge in [-0.25, -0.2) is 0 Å². The van der Waals surface area contributed by atoms with E-state index in [0.29, 0.717) is 30.0 Å². The summed E-state index contributed by atoms with van der Waals surface area (Å²) in [5.74, 6) is -1.24. The smallest absolute Gasteiger partial charge is 0.295 e. The fourth-order valence-corrected chi connectivity index (χ4v) is 4.37. The maximum absolute atomic E-state index is 13.6. The number of rotatable bonds is 9. The maximum Gasteiger partial charge on any atom is 0.295 e. The number of likely N-dealkylation sites (tertiary alicyclic amines) is 1. The van der Waals surface area contributed by atoms with Crippen molar-refractivity contribution in [2.24, 2.45) is 0 Å². The van der Waals surface area contributed by atoms with Crippen molar-refractivity contribution in [3.63, 3.8) is 0 Å². The molecule has 0 radical (unpaired) electrons. The lowest BCUT2D eigenvalue weighted by Crippen LogP contribution is -3.12. The predicted octanol–water partition coefficient (Wildman–Crippen LogP) is 0.867. The van der Waals surface area contributed by atoms with Gasteiger partial charge >= 0.3 is 0 Å². The SMILES string of the molecule is CC[NH+](CC)CCN1C(=O)C(=O)C(=C([O-])c2ccc(OC)c(C)c2)C1c1ccc(O)c(OC)c1. The van der Waals surface area contributed by atoms with Gasteiger partial charge in [-0.15, -0.1) is 0 Å². The van der Waals surface area contributed by atoms with E-state index in [1.807, 2.05) is 6.92 Å². The van der Waals surface area contributed by atoms with Crippen LogP contribution in [0.2, 0.25) is 0 Å². The minimum absolute atomic E-state index is 0.0697. The molecule has 1 aliphatic rings. The number of aryl methyl sites for hydroxylation is 1. The normalized spacial score (nSPS) is 17.5. The van der Waals surface area contributed by atoms with Crippen LogP contribution in [0.25, 0.3) is 5.76 Å².